The molecule has 15 rings (SSSR count). The molecule has 298 valence electrons. The first-order chi connectivity index (χ1) is 29.4. The highest BCUT2D eigenvalue weighted by Crippen LogP contribution is 2.61. The van der Waals surface area contributed by atoms with Gasteiger partial charge in [0.1, 0.15) is 17.2 Å². The second kappa shape index (κ2) is 12.3. The minimum atomic E-state index is 0.0296. The quantitative estimate of drug-likeness (QED) is 0.178. The van der Waals surface area contributed by atoms with Crippen LogP contribution in [0.25, 0.3) is 81.0 Å². The third kappa shape index (κ3) is 4.83. The lowest BCUT2D eigenvalue weighted by atomic mass is 9.49. The monoisotopic (exact) mass is 802 g/mol. The van der Waals surface area contributed by atoms with Gasteiger partial charge in [-0.15, -0.1) is 11.3 Å². The van der Waals surface area contributed by atoms with Crippen molar-refractivity contribution in [3.8, 4) is 17.1 Å². The number of aromatic nitrogens is 4. The Morgan fingerprint density at radius 3 is 1.93 bits per heavy atom. The number of rotatable bonds is 4. The summed E-state index contributed by atoms with van der Waals surface area (Å²) in [5.41, 5.74) is 6.63. The third-order valence-corrected chi connectivity index (χ3v) is 17.5. The molecule has 9 aromatic rings. The molecule has 6 fully saturated rings. The molecule has 6 aliphatic carbocycles. The maximum absolute atomic E-state index is 6.89. The molecule has 6 aliphatic rings. The molecule has 6 heteroatoms. The summed E-state index contributed by atoms with van der Waals surface area (Å²) in [6.07, 6.45) is 14.3. The lowest BCUT2D eigenvalue weighted by Crippen LogP contribution is -2.50. The van der Waals surface area contributed by atoms with Crippen molar-refractivity contribution in [2.24, 2.45) is 35.5 Å². The van der Waals surface area contributed by atoms with Crippen molar-refractivity contribution in [1.29, 1.82) is 0 Å². The Morgan fingerprint density at radius 2 is 1.20 bits per heavy atom. The molecule has 6 bridgehead atoms. The largest absolute Gasteiger partial charge is 0.454 e. The zero-order valence-electron chi connectivity index (χ0n) is 34.6. The SMILES string of the molecule is CC1CC2CC(C)CC(c3nc(-c4cccc(-n5c6ccccc6c6c7c8ccccc8sc7c7oc8ccccc8c7c65)c4)nc(C45CC6CC(CC(C6)C4)C5)n3)(C1)C2. The van der Waals surface area contributed by atoms with Crippen LogP contribution in [0.1, 0.15) is 96.1 Å². The standard InChI is InChI=1S/C54H50N4OS/c1-30-18-32-19-31(2)25-53(24-30,26-32)51-55-50(56-52(57-51)54-27-33-20-34(28-54)22-35(21-33)29-54)36-10-9-11-37(23-36)58-41-15-6-3-12-38(41)44-45-40-14-5-8-17-43(40)60-49(45)48-46(47(44)58)39-13-4-7-16-42(39)59-48/h3-17,23,30-35H,18-22,24-29H2,1-2H3. The molecule has 0 amide bonds. The van der Waals surface area contributed by atoms with E-state index in [-0.39, 0.29) is 10.8 Å². The molecule has 2 unspecified atom stereocenters. The zero-order chi connectivity index (χ0) is 39.5. The summed E-state index contributed by atoms with van der Waals surface area (Å²) in [5.74, 6) is 7.75. The molecule has 4 heterocycles. The van der Waals surface area contributed by atoms with Gasteiger partial charge in [0.05, 0.1) is 21.1 Å². The minimum Gasteiger partial charge on any atom is -0.454 e. The van der Waals surface area contributed by atoms with Gasteiger partial charge in [-0.1, -0.05) is 80.6 Å². The van der Waals surface area contributed by atoms with Crippen LogP contribution in [0.2, 0.25) is 0 Å². The first-order valence-electron chi connectivity index (χ1n) is 22.9. The molecular formula is C54H50N4OS. The molecule has 0 saturated heterocycles. The average molecular weight is 803 g/mol. The predicted octanol–water partition coefficient (Wildman–Crippen LogP) is 14.5. The fourth-order valence-electron chi connectivity index (χ4n) is 15.0. The van der Waals surface area contributed by atoms with Gasteiger partial charge in [-0.25, -0.2) is 15.0 Å². The first-order valence-corrected chi connectivity index (χ1v) is 23.8. The van der Waals surface area contributed by atoms with Gasteiger partial charge in [0.2, 0.25) is 0 Å². The Morgan fingerprint density at radius 1 is 0.583 bits per heavy atom. The molecule has 0 spiro atoms. The molecule has 5 nitrogen and oxygen atoms in total. The number of benzene rings is 5. The Bertz CT molecular complexity index is 3200. The van der Waals surface area contributed by atoms with Gasteiger partial charge in [-0.05, 0) is 136 Å². The second-order valence-electron chi connectivity index (χ2n) is 20.7. The molecule has 0 radical (unpaired) electrons. The van der Waals surface area contributed by atoms with E-state index in [1.807, 2.05) is 11.3 Å². The number of hydrogen-bond donors (Lipinski definition) is 0. The van der Waals surface area contributed by atoms with Gasteiger partial charge in [0.25, 0.3) is 0 Å². The number of nitrogens with zero attached hydrogens (tertiary/aromatic N) is 4. The van der Waals surface area contributed by atoms with E-state index in [4.69, 9.17) is 19.4 Å². The van der Waals surface area contributed by atoms with E-state index in [0.717, 1.165) is 68.9 Å². The van der Waals surface area contributed by atoms with Crippen molar-refractivity contribution < 1.29 is 4.42 Å². The van der Waals surface area contributed by atoms with E-state index >= 15 is 0 Å². The van der Waals surface area contributed by atoms with E-state index in [9.17, 15) is 0 Å². The maximum Gasteiger partial charge on any atom is 0.163 e. The van der Waals surface area contributed by atoms with Crippen LogP contribution in [0.15, 0.2) is 101 Å². The van der Waals surface area contributed by atoms with Crippen molar-refractivity contribution in [2.45, 2.75) is 95.3 Å². The molecule has 2 atom stereocenters. The predicted molar refractivity (Wildman–Crippen MR) is 246 cm³/mol. The van der Waals surface area contributed by atoms with Gasteiger partial charge in [-0.2, -0.15) is 0 Å². The van der Waals surface area contributed by atoms with Crippen LogP contribution in [0.3, 0.4) is 0 Å². The highest BCUT2D eigenvalue weighted by Gasteiger charge is 2.54. The van der Waals surface area contributed by atoms with Gasteiger partial charge in [-0.3, -0.25) is 0 Å². The zero-order valence-corrected chi connectivity index (χ0v) is 35.4. The average Bonchev–Trinajstić information content (AvgIpc) is 3.93. The molecule has 60 heavy (non-hydrogen) atoms. The lowest BCUT2D eigenvalue weighted by Gasteiger charge is -2.56. The van der Waals surface area contributed by atoms with Crippen LogP contribution >= 0.6 is 11.3 Å². The fourth-order valence-corrected chi connectivity index (χ4v) is 16.2. The number of furan rings is 1. The number of fused-ring (bicyclic) bond motifs is 14. The van der Waals surface area contributed by atoms with Crippen LogP contribution in [-0.4, -0.2) is 19.5 Å². The summed E-state index contributed by atoms with van der Waals surface area (Å²) in [5, 5.41) is 7.45. The van der Waals surface area contributed by atoms with Crippen molar-refractivity contribution in [1.82, 2.24) is 19.5 Å². The van der Waals surface area contributed by atoms with Gasteiger partial charge < -0.3 is 8.98 Å². The van der Waals surface area contributed by atoms with E-state index in [2.05, 4.69) is 115 Å². The molecule has 6 saturated carbocycles. The molecular weight excluding hydrogens is 753 g/mol. The van der Waals surface area contributed by atoms with Gasteiger partial charge in [0.15, 0.2) is 11.4 Å². The highest BCUT2D eigenvalue weighted by atomic mass is 32.1. The summed E-state index contributed by atoms with van der Waals surface area (Å²) in [7, 11) is 0. The third-order valence-electron chi connectivity index (χ3n) is 16.4. The summed E-state index contributed by atoms with van der Waals surface area (Å²) in [4.78, 5) is 17.1. The molecule has 0 N–H and O–H groups in total. The van der Waals surface area contributed by atoms with E-state index < -0.39 is 0 Å². The van der Waals surface area contributed by atoms with Gasteiger partial charge >= 0.3 is 0 Å². The van der Waals surface area contributed by atoms with Crippen LogP contribution in [-0.2, 0) is 10.8 Å². The Balaban J connectivity index is 1.03. The van der Waals surface area contributed by atoms with Crippen molar-refractivity contribution in [3.05, 3.63) is 109 Å². The van der Waals surface area contributed by atoms with E-state index in [1.54, 1.807) is 0 Å². The Kier molecular flexibility index (Phi) is 7.08. The second-order valence-corrected chi connectivity index (χ2v) is 21.7. The summed E-state index contributed by atoms with van der Waals surface area (Å²) in [6.45, 7) is 4.97. The van der Waals surface area contributed by atoms with E-state index in [1.165, 1.54) is 118 Å². The number of para-hydroxylation sites is 2. The molecule has 5 aromatic carbocycles. The number of hydrogen-bond acceptors (Lipinski definition) is 5. The van der Waals surface area contributed by atoms with Gasteiger partial charge in [0, 0.05) is 53.7 Å². The van der Waals surface area contributed by atoms with E-state index in [0.29, 0.717) is 11.8 Å². The van der Waals surface area contributed by atoms with Crippen LogP contribution < -0.4 is 0 Å². The topological polar surface area (TPSA) is 56.7 Å². The van der Waals surface area contributed by atoms with Crippen LogP contribution in [0.4, 0.5) is 0 Å². The van der Waals surface area contributed by atoms with Crippen molar-refractivity contribution in [2.75, 3.05) is 0 Å². The summed E-state index contributed by atoms with van der Waals surface area (Å²) < 4.78 is 11.9. The summed E-state index contributed by atoms with van der Waals surface area (Å²) >= 11 is 1.85. The lowest BCUT2D eigenvalue weighted by molar-refractivity contribution is -0.0101. The Labute approximate surface area is 354 Å². The van der Waals surface area contributed by atoms with Crippen LogP contribution in [0, 0.1) is 35.5 Å². The fraction of sp³-hybridized carbons (Fsp3) is 0.389. The normalized spacial score (nSPS) is 29.9. The maximum atomic E-state index is 6.89. The van der Waals surface area contributed by atoms with Crippen molar-refractivity contribution in [3.63, 3.8) is 0 Å². The molecule has 0 aliphatic heterocycles. The number of thiophene rings is 1. The molecule has 4 aromatic heterocycles. The summed E-state index contributed by atoms with van der Waals surface area (Å²) in [6, 6.07) is 35.6. The van der Waals surface area contributed by atoms with Crippen LogP contribution in [0.5, 0.6) is 0 Å². The first kappa shape index (κ1) is 34.6. The smallest absolute Gasteiger partial charge is 0.163 e. The highest BCUT2D eigenvalue weighted by molar-refractivity contribution is 7.27. The van der Waals surface area contributed by atoms with Crippen molar-refractivity contribution >= 4 is 75.3 Å². The minimum absolute atomic E-state index is 0.0296. The Hall–Kier alpha value is -5.07.